The van der Waals surface area contributed by atoms with Gasteiger partial charge in [0.15, 0.2) is 0 Å². The van der Waals surface area contributed by atoms with Crippen molar-refractivity contribution in [3.05, 3.63) is 29.5 Å². The van der Waals surface area contributed by atoms with Crippen LogP contribution in [0.3, 0.4) is 0 Å². The number of aromatic nitrogens is 4. The summed E-state index contributed by atoms with van der Waals surface area (Å²) >= 11 is 2.96. The number of rotatable bonds is 6. The van der Waals surface area contributed by atoms with Crippen molar-refractivity contribution >= 4 is 49.4 Å². The summed E-state index contributed by atoms with van der Waals surface area (Å²) in [6.45, 7) is 4.10. The number of nitrogens with two attached hydrogens (primary N) is 1. The van der Waals surface area contributed by atoms with E-state index in [1.54, 1.807) is 6.20 Å². The maximum absolute atomic E-state index is 12.8. The molecule has 0 aromatic carbocycles. The number of imidazole rings is 1. The van der Waals surface area contributed by atoms with Crippen molar-refractivity contribution in [1.29, 1.82) is 0 Å². The molecule has 0 saturated carbocycles. The van der Waals surface area contributed by atoms with Gasteiger partial charge in [0.2, 0.25) is 0 Å². The Morgan fingerprint density at radius 3 is 2.79 bits per heavy atom. The number of fused-ring (bicyclic) bond motifs is 1. The van der Waals surface area contributed by atoms with E-state index in [2.05, 4.69) is 16.9 Å². The van der Waals surface area contributed by atoms with Crippen molar-refractivity contribution in [2.75, 3.05) is 11.5 Å². The number of nitrogens with zero attached hydrogens (tertiary/aromatic N) is 4. The van der Waals surface area contributed by atoms with Gasteiger partial charge in [0, 0.05) is 47.2 Å². The van der Waals surface area contributed by atoms with E-state index in [0.717, 1.165) is 50.8 Å². The summed E-state index contributed by atoms with van der Waals surface area (Å²) < 4.78 is 15.5. The number of hydrogen-bond acceptors (Lipinski definition) is 7. The van der Waals surface area contributed by atoms with E-state index in [-0.39, 0.29) is 0 Å². The van der Waals surface area contributed by atoms with E-state index < -0.39 is 10.8 Å². The molecule has 0 fully saturated rings. The van der Waals surface area contributed by atoms with Crippen molar-refractivity contribution in [2.45, 2.75) is 30.9 Å². The van der Waals surface area contributed by atoms with Gasteiger partial charge in [0.05, 0.1) is 16.5 Å². The van der Waals surface area contributed by atoms with Gasteiger partial charge < -0.3 is 10.3 Å². The summed E-state index contributed by atoms with van der Waals surface area (Å²) in [5.41, 5.74) is 9.80. The molecule has 1 unspecified atom stereocenters. The van der Waals surface area contributed by atoms with Gasteiger partial charge in [-0.3, -0.25) is 4.21 Å². The summed E-state index contributed by atoms with van der Waals surface area (Å²) in [7, 11) is 0.860. The second kappa shape index (κ2) is 7.73. The topological polar surface area (TPSA) is 86.7 Å². The third-order valence-corrected chi connectivity index (χ3v) is 8.46. The van der Waals surface area contributed by atoms with Gasteiger partial charge >= 0.3 is 0 Å². The lowest BCUT2D eigenvalue weighted by Crippen LogP contribution is -2.00. The van der Waals surface area contributed by atoms with E-state index in [1.165, 1.54) is 22.7 Å². The summed E-state index contributed by atoms with van der Waals surface area (Å²) in [6.07, 6.45) is 5.52. The van der Waals surface area contributed by atoms with Crippen molar-refractivity contribution in [3.63, 3.8) is 0 Å². The van der Waals surface area contributed by atoms with Crippen molar-refractivity contribution < 1.29 is 4.21 Å². The quantitative estimate of drug-likeness (QED) is 0.481. The molecule has 9 heteroatoms. The van der Waals surface area contributed by atoms with Crippen molar-refractivity contribution in [1.82, 2.24) is 19.5 Å². The van der Waals surface area contributed by atoms with Crippen LogP contribution >= 0.6 is 22.7 Å². The van der Waals surface area contributed by atoms with E-state index in [4.69, 9.17) is 10.7 Å². The fraction of sp³-hybridized carbons (Fsp3) is 0.316. The number of thiazole rings is 1. The minimum Gasteiger partial charge on any atom is -0.396 e. The predicted molar refractivity (Wildman–Crippen MR) is 118 cm³/mol. The fourth-order valence-corrected chi connectivity index (χ4v) is 6.41. The molecule has 146 valence electrons. The number of pyridine rings is 1. The molecule has 4 rings (SSSR count). The second-order valence-electron chi connectivity index (χ2n) is 6.56. The number of anilines is 1. The smallest absolute Gasteiger partial charge is 0.141 e. The third kappa shape index (κ3) is 3.27. The monoisotopic (exact) mass is 431 g/mol. The van der Waals surface area contributed by atoms with Crippen molar-refractivity contribution in [3.8, 4) is 22.1 Å². The predicted octanol–water partition coefficient (Wildman–Crippen LogP) is 4.62. The summed E-state index contributed by atoms with van der Waals surface area (Å²) in [4.78, 5) is 14.6. The Hall–Kier alpha value is -2.10. The Kier molecular flexibility index (Phi) is 5.31. The highest BCUT2D eigenvalue weighted by Crippen LogP contribution is 2.42. The zero-order valence-electron chi connectivity index (χ0n) is 15.9. The molecule has 0 aliphatic heterocycles. The average Bonchev–Trinajstić information content (AvgIpc) is 3.41. The minimum absolute atomic E-state index is 0.559. The van der Waals surface area contributed by atoms with Crippen LogP contribution in [-0.2, 0) is 17.8 Å². The first-order valence-corrected chi connectivity index (χ1v) is 12.0. The van der Waals surface area contributed by atoms with Crippen LogP contribution in [0.2, 0.25) is 0 Å². The van der Waals surface area contributed by atoms with Crippen LogP contribution in [0.25, 0.3) is 32.3 Å². The maximum atomic E-state index is 12.8. The van der Waals surface area contributed by atoms with Gasteiger partial charge in [-0.25, -0.2) is 15.0 Å². The highest BCUT2D eigenvalue weighted by Gasteiger charge is 2.23. The molecule has 0 aliphatic carbocycles. The SMILES string of the molecule is CCCCS(=O)c1sc2nc(-c3nccs3)cc(-c3ncc(C)n3C)c2c1N. The zero-order chi connectivity index (χ0) is 19.8. The first-order chi connectivity index (χ1) is 13.5. The van der Waals surface area contributed by atoms with E-state index in [9.17, 15) is 4.21 Å². The minimum atomic E-state index is -1.12. The van der Waals surface area contributed by atoms with Gasteiger partial charge in [-0.05, 0) is 19.4 Å². The van der Waals surface area contributed by atoms with Gasteiger partial charge in [0.1, 0.15) is 25.6 Å². The molecule has 4 heterocycles. The molecule has 6 nitrogen and oxygen atoms in total. The lowest BCUT2D eigenvalue weighted by atomic mass is 10.1. The van der Waals surface area contributed by atoms with E-state index in [1.807, 2.05) is 36.2 Å². The van der Waals surface area contributed by atoms with Crippen LogP contribution in [0.4, 0.5) is 5.69 Å². The molecule has 0 bridgehead atoms. The average molecular weight is 432 g/mol. The van der Waals surface area contributed by atoms with Crippen LogP contribution in [-0.4, -0.2) is 29.5 Å². The molecule has 28 heavy (non-hydrogen) atoms. The molecule has 0 saturated heterocycles. The van der Waals surface area contributed by atoms with Gasteiger partial charge in [-0.15, -0.1) is 22.7 Å². The molecule has 0 amide bonds. The van der Waals surface area contributed by atoms with Crippen LogP contribution in [0.5, 0.6) is 0 Å². The normalized spacial score (nSPS) is 12.7. The Morgan fingerprint density at radius 2 is 2.14 bits per heavy atom. The van der Waals surface area contributed by atoms with Crippen molar-refractivity contribution in [2.24, 2.45) is 7.05 Å². The number of thiophene rings is 1. The molecule has 0 aliphatic rings. The molecule has 4 aromatic rings. The molecule has 2 N–H and O–H groups in total. The molecule has 0 spiro atoms. The van der Waals surface area contributed by atoms with Gasteiger partial charge in [-0.1, -0.05) is 13.3 Å². The molecule has 0 radical (unpaired) electrons. The highest BCUT2D eigenvalue weighted by atomic mass is 32.2. The molecule has 4 aromatic heterocycles. The molecular weight excluding hydrogens is 410 g/mol. The lowest BCUT2D eigenvalue weighted by Gasteiger charge is -2.08. The first-order valence-electron chi connectivity index (χ1n) is 9.01. The summed E-state index contributed by atoms with van der Waals surface area (Å²) in [5.74, 6) is 1.43. The Balaban J connectivity index is 1.98. The summed E-state index contributed by atoms with van der Waals surface area (Å²) in [5, 5.41) is 3.60. The van der Waals surface area contributed by atoms with Crippen LogP contribution < -0.4 is 5.73 Å². The third-order valence-electron chi connectivity index (χ3n) is 4.67. The lowest BCUT2D eigenvalue weighted by molar-refractivity contribution is 0.681. The van der Waals surface area contributed by atoms with Crippen LogP contribution in [0.15, 0.2) is 28.0 Å². The Labute approximate surface area is 173 Å². The Bertz CT molecular complexity index is 1160. The summed E-state index contributed by atoms with van der Waals surface area (Å²) in [6, 6.07) is 1.99. The number of unbranched alkanes of at least 4 members (excludes halogenated alkanes) is 1. The number of hydrogen-bond donors (Lipinski definition) is 1. The number of aryl methyl sites for hydroxylation is 1. The van der Waals surface area contributed by atoms with Gasteiger partial charge in [-0.2, -0.15) is 0 Å². The van der Waals surface area contributed by atoms with Crippen LogP contribution in [0.1, 0.15) is 25.5 Å². The first kappa shape index (κ1) is 19.2. The standard InChI is InChI=1S/C19H21N5OS3/c1-4-5-8-28(25)19-15(20)14-12(16-22-10-11(2)24(16)3)9-13(23-18(14)27-19)17-21-6-7-26-17/h6-7,9-10H,4-5,8,20H2,1-3H3. The molecular formula is C19H21N5OS3. The highest BCUT2D eigenvalue weighted by molar-refractivity contribution is 7.87. The fourth-order valence-electron chi connectivity index (χ4n) is 3.02. The molecule has 1 atom stereocenters. The number of nitrogen functional groups attached to an aromatic ring is 1. The van der Waals surface area contributed by atoms with E-state index >= 15 is 0 Å². The second-order valence-corrected chi connectivity index (χ2v) is 10.2. The van der Waals surface area contributed by atoms with E-state index in [0.29, 0.717) is 15.6 Å². The van der Waals surface area contributed by atoms with Crippen LogP contribution in [0, 0.1) is 6.92 Å². The Morgan fingerprint density at radius 1 is 1.32 bits per heavy atom. The zero-order valence-corrected chi connectivity index (χ0v) is 18.4. The van der Waals surface area contributed by atoms with Gasteiger partial charge in [0.25, 0.3) is 0 Å². The maximum Gasteiger partial charge on any atom is 0.141 e. The largest absolute Gasteiger partial charge is 0.396 e.